The molecule has 0 bridgehead atoms. The highest BCUT2D eigenvalue weighted by Crippen LogP contribution is 2.43. The van der Waals surface area contributed by atoms with Crippen molar-refractivity contribution in [3.05, 3.63) is 35.4 Å². The lowest BCUT2D eigenvalue weighted by molar-refractivity contribution is -0.883. The first kappa shape index (κ1) is 19.1. The third-order valence-corrected chi connectivity index (χ3v) is 6.39. The van der Waals surface area contributed by atoms with Crippen molar-refractivity contribution in [1.29, 1.82) is 0 Å². The summed E-state index contributed by atoms with van der Waals surface area (Å²) in [5.74, 6) is -1.40. The molecule has 2 fully saturated rings. The number of carbonyl (C=O) groups excluding carboxylic acids is 2. The quantitative estimate of drug-likeness (QED) is 0.830. The molecular weight excluding hydrogens is 360 g/mol. The van der Waals surface area contributed by atoms with Gasteiger partial charge >= 0.3 is 0 Å². The Morgan fingerprint density at radius 1 is 1.31 bits per heavy atom. The topological polar surface area (TPSA) is 45.1 Å². The van der Waals surface area contributed by atoms with Crippen molar-refractivity contribution in [2.45, 2.75) is 24.0 Å². The van der Waals surface area contributed by atoms with Gasteiger partial charge in [-0.2, -0.15) is 0 Å². The van der Waals surface area contributed by atoms with Gasteiger partial charge in [0.25, 0.3) is 0 Å². The molecule has 2 aliphatic heterocycles. The molecule has 5 nitrogen and oxygen atoms in total. The van der Waals surface area contributed by atoms with Crippen LogP contribution in [0.1, 0.15) is 24.3 Å². The minimum atomic E-state index is -0.664. The van der Waals surface area contributed by atoms with Crippen molar-refractivity contribution < 1.29 is 23.3 Å². The van der Waals surface area contributed by atoms with Crippen LogP contribution in [0.25, 0.3) is 0 Å². The summed E-state index contributed by atoms with van der Waals surface area (Å²) in [6.45, 7) is 5.30. The van der Waals surface area contributed by atoms with Gasteiger partial charge in [-0.05, 0) is 13.0 Å². The molecule has 2 heterocycles. The molecule has 26 heavy (non-hydrogen) atoms. The van der Waals surface area contributed by atoms with Gasteiger partial charge in [0, 0.05) is 24.6 Å². The second-order valence-electron chi connectivity index (χ2n) is 6.92. The van der Waals surface area contributed by atoms with Crippen molar-refractivity contribution in [2.75, 3.05) is 39.8 Å². The Labute approximate surface area is 156 Å². The van der Waals surface area contributed by atoms with E-state index in [0.717, 1.165) is 32.2 Å². The number of carbonyl (C=O) groups is 2. The molecule has 1 aromatic carbocycles. The zero-order valence-corrected chi connectivity index (χ0v) is 15.8. The molecule has 0 aliphatic carbocycles. The maximum absolute atomic E-state index is 14.2. The predicted octanol–water partition coefficient (Wildman–Crippen LogP) is 0.674. The fourth-order valence-electron chi connectivity index (χ4n) is 3.36. The Kier molecular flexibility index (Phi) is 5.82. The molecule has 0 spiro atoms. The SMILES string of the molecule is C[C@@H]1S[C@@H](c2ccc(F)cc2F)N(CCC(=O)N2CC[NH+](C)CC2)C1=O. The van der Waals surface area contributed by atoms with Gasteiger partial charge in [-0.3, -0.25) is 9.59 Å². The third-order valence-electron chi connectivity index (χ3n) is 5.01. The fourth-order valence-corrected chi connectivity index (χ4v) is 4.69. The third kappa shape index (κ3) is 4.01. The zero-order valence-electron chi connectivity index (χ0n) is 15.0. The van der Waals surface area contributed by atoms with Crippen molar-refractivity contribution >= 4 is 23.6 Å². The normalized spacial score (nSPS) is 24.4. The molecule has 2 aliphatic rings. The Hall–Kier alpha value is -1.67. The molecule has 2 atom stereocenters. The Morgan fingerprint density at radius 2 is 2.00 bits per heavy atom. The summed E-state index contributed by atoms with van der Waals surface area (Å²) < 4.78 is 27.4. The maximum Gasteiger partial charge on any atom is 0.236 e. The van der Waals surface area contributed by atoms with Gasteiger partial charge < -0.3 is 14.7 Å². The number of amides is 2. The number of halogens is 2. The first-order valence-corrected chi connectivity index (χ1v) is 9.81. The number of nitrogens with one attached hydrogen (secondary N) is 1. The largest absolute Gasteiger partial charge is 0.334 e. The number of piperazine rings is 1. The van der Waals surface area contributed by atoms with Crippen LogP contribution in [0, 0.1) is 11.6 Å². The Balaban J connectivity index is 1.68. The van der Waals surface area contributed by atoms with Crippen LogP contribution in [-0.2, 0) is 9.59 Å². The van der Waals surface area contributed by atoms with E-state index in [2.05, 4.69) is 7.05 Å². The first-order valence-electron chi connectivity index (χ1n) is 8.87. The first-order chi connectivity index (χ1) is 12.4. The van der Waals surface area contributed by atoms with E-state index >= 15 is 0 Å². The molecule has 142 valence electrons. The minimum absolute atomic E-state index is 0.0215. The number of rotatable bonds is 4. The lowest BCUT2D eigenvalue weighted by Gasteiger charge is -2.31. The zero-order chi connectivity index (χ0) is 18.8. The van der Waals surface area contributed by atoms with E-state index in [9.17, 15) is 18.4 Å². The number of quaternary nitrogens is 1. The van der Waals surface area contributed by atoms with Crippen LogP contribution in [0.2, 0.25) is 0 Å². The van der Waals surface area contributed by atoms with Gasteiger partial charge in [0.2, 0.25) is 11.8 Å². The molecular formula is C18H24F2N3O2S+. The molecule has 2 amide bonds. The number of benzene rings is 1. The van der Waals surface area contributed by atoms with Crippen LogP contribution in [0.4, 0.5) is 8.78 Å². The van der Waals surface area contributed by atoms with Crippen LogP contribution in [-0.4, -0.2) is 66.6 Å². The summed E-state index contributed by atoms with van der Waals surface area (Å²) in [4.78, 5) is 29.7. The van der Waals surface area contributed by atoms with E-state index in [1.54, 1.807) is 11.8 Å². The highest BCUT2D eigenvalue weighted by Gasteiger charge is 2.40. The minimum Gasteiger partial charge on any atom is -0.334 e. The van der Waals surface area contributed by atoms with Gasteiger partial charge in [-0.1, -0.05) is 6.07 Å². The highest BCUT2D eigenvalue weighted by molar-refractivity contribution is 8.01. The number of likely N-dealkylation sites (N-methyl/N-ethyl adjacent to an activating group) is 1. The number of hydrogen-bond donors (Lipinski definition) is 1. The molecule has 0 aromatic heterocycles. The second kappa shape index (κ2) is 7.92. The number of thioether (sulfide) groups is 1. The van der Waals surface area contributed by atoms with Crippen LogP contribution >= 0.6 is 11.8 Å². The summed E-state index contributed by atoms with van der Waals surface area (Å²) >= 11 is 1.33. The summed E-state index contributed by atoms with van der Waals surface area (Å²) in [6, 6.07) is 3.41. The molecule has 2 saturated heterocycles. The Bertz CT molecular complexity index is 695. The van der Waals surface area contributed by atoms with Crippen molar-refractivity contribution in [1.82, 2.24) is 9.80 Å². The van der Waals surface area contributed by atoms with E-state index < -0.39 is 17.0 Å². The standard InChI is InChI=1S/C18H23F2N3O2S/c1-12-17(25)23(6-5-16(24)22-9-7-21(2)8-10-22)18(26-12)14-4-3-13(19)11-15(14)20/h3-4,11-12,18H,5-10H2,1-2H3/p+1/t12-,18-/m0/s1. The molecule has 1 aromatic rings. The lowest BCUT2D eigenvalue weighted by Crippen LogP contribution is -3.12. The summed E-state index contributed by atoms with van der Waals surface area (Å²) in [5.41, 5.74) is 0.282. The second-order valence-corrected chi connectivity index (χ2v) is 8.34. The van der Waals surface area contributed by atoms with Crippen molar-refractivity contribution in [2.24, 2.45) is 0 Å². The smallest absolute Gasteiger partial charge is 0.236 e. The fraction of sp³-hybridized carbons (Fsp3) is 0.556. The van der Waals surface area contributed by atoms with Gasteiger partial charge in [-0.25, -0.2) is 8.78 Å². The van der Waals surface area contributed by atoms with Crippen LogP contribution in [0.5, 0.6) is 0 Å². The van der Waals surface area contributed by atoms with Gasteiger partial charge in [0.05, 0.1) is 38.5 Å². The molecule has 0 radical (unpaired) electrons. The van der Waals surface area contributed by atoms with Crippen molar-refractivity contribution in [3.63, 3.8) is 0 Å². The molecule has 1 N–H and O–H groups in total. The number of hydrogen-bond acceptors (Lipinski definition) is 3. The van der Waals surface area contributed by atoms with Crippen LogP contribution in [0.15, 0.2) is 18.2 Å². The summed E-state index contributed by atoms with van der Waals surface area (Å²) in [7, 11) is 2.10. The van der Waals surface area contributed by atoms with E-state index in [0.29, 0.717) is 0 Å². The van der Waals surface area contributed by atoms with Crippen LogP contribution in [0.3, 0.4) is 0 Å². The van der Waals surface area contributed by atoms with E-state index in [1.807, 2.05) is 4.90 Å². The number of nitrogens with zero attached hydrogens (tertiary/aromatic N) is 2. The Morgan fingerprint density at radius 3 is 2.65 bits per heavy atom. The predicted molar refractivity (Wildman–Crippen MR) is 95.7 cm³/mol. The van der Waals surface area contributed by atoms with E-state index in [-0.39, 0.29) is 35.6 Å². The van der Waals surface area contributed by atoms with E-state index in [1.165, 1.54) is 28.8 Å². The van der Waals surface area contributed by atoms with Crippen molar-refractivity contribution in [3.8, 4) is 0 Å². The van der Waals surface area contributed by atoms with Gasteiger partial charge in [0.1, 0.15) is 17.0 Å². The lowest BCUT2D eigenvalue weighted by atomic mass is 10.1. The van der Waals surface area contributed by atoms with Gasteiger partial charge in [0.15, 0.2) is 0 Å². The van der Waals surface area contributed by atoms with Crippen LogP contribution < -0.4 is 4.90 Å². The maximum atomic E-state index is 14.2. The highest BCUT2D eigenvalue weighted by atomic mass is 32.2. The average Bonchev–Trinajstić information content (AvgIpc) is 2.88. The summed E-state index contributed by atoms with van der Waals surface area (Å²) in [5, 5.41) is -0.838. The molecule has 3 rings (SSSR count). The van der Waals surface area contributed by atoms with Gasteiger partial charge in [-0.15, -0.1) is 11.8 Å². The monoisotopic (exact) mass is 384 g/mol. The molecule has 0 unspecified atom stereocenters. The van der Waals surface area contributed by atoms with E-state index in [4.69, 9.17) is 0 Å². The average molecular weight is 384 g/mol. The molecule has 8 heteroatoms. The molecule has 0 saturated carbocycles. The summed E-state index contributed by atoms with van der Waals surface area (Å²) in [6.07, 6.45) is 0.220.